The third-order valence-corrected chi connectivity index (χ3v) is 15.4. The molecule has 3 aliphatic heterocycles. The fourth-order valence-corrected chi connectivity index (χ4v) is 10.8. The Labute approximate surface area is 438 Å². The third kappa shape index (κ3) is 13.3. The fraction of sp³-hybridized carbons (Fsp3) is 0.482. The van der Waals surface area contributed by atoms with Crippen LogP contribution in [0, 0.1) is 12.3 Å². The lowest BCUT2D eigenvalue weighted by atomic mass is 9.85. The van der Waals surface area contributed by atoms with Gasteiger partial charge in [0.1, 0.15) is 29.7 Å². The summed E-state index contributed by atoms with van der Waals surface area (Å²) in [6.07, 6.45) is 5.23. The van der Waals surface area contributed by atoms with Gasteiger partial charge in [0.25, 0.3) is 0 Å². The lowest BCUT2D eigenvalue weighted by Crippen LogP contribution is -2.57. The zero-order chi connectivity index (χ0) is 52.5. The summed E-state index contributed by atoms with van der Waals surface area (Å²) < 4.78 is 6.35. The van der Waals surface area contributed by atoms with Crippen molar-refractivity contribution in [2.24, 2.45) is 5.41 Å². The number of anilines is 3. The van der Waals surface area contributed by atoms with Gasteiger partial charge in [-0.2, -0.15) is 0 Å². The number of aliphatic hydroxyl groups is 1. The van der Waals surface area contributed by atoms with E-state index in [1.165, 1.54) is 4.90 Å². The number of para-hydroxylation sites is 1. The van der Waals surface area contributed by atoms with Gasteiger partial charge in [0, 0.05) is 69.3 Å². The van der Waals surface area contributed by atoms with Crippen LogP contribution in [0.25, 0.3) is 21.7 Å². The summed E-state index contributed by atoms with van der Waals surface area (Å²) in [4.78, 5) is 67.5. The van der Waals surface area contributed by atoms with Crippen LogP contribution in [0.1, 0.15) is 103 Å². The smallest absolute Gasteiger partial charge is 0.246 e. The van der Waals surface area contributed by atoms with Crippen LogP contribution in [0.2, 0.25) is 0 Å². The molecule has 6 N–H and O–H groups in total. The molecule has 0 aliphatic carbocycles. The van der Waals surface area contributed by atoms with E-state index in [9.17, 15) is 29.4 Å². The Kier molecular flexibility index (Phi) is 17.4. The molecule has 3 aliphatic rings. The fourth-order valence-electron chi connectivity index (χ4n) is 10.0. The molecule has 3 saturated heterocycles. The van der Waals surface area contributed by atoms with Crippen LogP contribution in [-0.2, 0) is 19.2 Å². The number of aliphatic hydroxyl groups excluding tert-OH is 1. The highest BCUT2D eigenvalue weighted by molar-refractivity contribution is 7.13. The number of rotatable bonds is 20. The number of nitrogens with two attached hydrogens (primary N) is 1. The summed E-state index contributed by atoms with van der Waals surface area (Å²) in [5.41, 5.74) is 13.3. The number of benzene rings is 3. The highest BCUT2D eigenvalue weighted by atomic mass is 32.1. The SMILES string of the molecule is Cc1ncsc1-c1ccc([C@H](C)NC(=O)[C@@H]2C[C@@H](O)CN2C(=O)[C@@H](NC(=O)CCCCCCCCC(=O)N2CCN(c3cccc(OC4CN(c5cc(-c6ccccc6O)nnc5N)C4)c3)CC2)C(C)(C)C)cc1. The lowest BCUT2D eigenvalue weighted by molar-refractivity contribution is -0.144. The molecule has 0 radical (unpaired) electrons. The molecular formula is C56H72N10O7S. The van der Waals surface area contributed by atoms with Gasteiger partial charge in [-0.25, -0.2) is 4.98 Å². The summed E-state index contributed by atoms with van der Waals surface area (Å²) >= 11 is 1.58. The summed E-state index contributed by atoms with van der Waals surface area (Å²) in [6, 6.07) is 22.9. The minimum atomic E-state index is -0.875. The van der Waals surface area contributed by atoms with Crippen LogP contribution in [-0.4, -0.2) is 129 Å². The van der Waals surface area contributed by atoms with Crippen LogP contribution in [0.3, 0.4) is 0 Å². The Balaban J connectivity index is 0.698. The van der Waals surface area contributed by atoms with E-state index in [-0.39, 0.29) is 60.9 Å². The van der Waals surface area contributed by atoms with Crippen LogP contribution in [0.4, 0.5) is 17.2 Å². The van der Waals surface area contributed by atoms with Crippen LogP contribution in [0.15, 0.2) is 84.4 Å². The van der Waals surface area contributed by atoms with Gasteiger partial charge in [-0.15, -0.1) is 21.5 Å². The molecule has 5 aromatic rings. The van der Waals surface area contributed by atoms with Crippen molar-refractivity contribution < 1.29 is 34.1 Å². The number of unbranched alkanes of at least 4 members (excludes halogenated alkanes) is 5. The first-order valence-corrected chi connectivity index (χ1v) is 26.9. The van der Waals surface area contributed by atoms with Gasteiger partial charge >= 0.3 is 0 Å². The van der Waals surface area contributed by atoms with E-state index in [0.29, 0.717) is 56.1 Å². The number of phenolic OH excluding ortho intramolecular Hbond substituents is 1. The van der Waals surface area contributed by atoms with Gasteiger partial charge in [-0.1, -0.05) is 88.9 Å². The maximum absolute atomic E-state index is 14.1. The van der Waals surface area contributed by atoms with Gasteiger partial charge in [0.05, 0.1) is 52.7 Å². The highest BCUT2D eigenvalue weighted by Gasteiger charge is 2.45. The molecule has 8 rings (SSSR count). The number of aromatic hydroxyl groups is 1. The number of likely N-dealkylation sites (tertiary alicyclic amines) is 1. The molecular weight excluding hydrogens is 957 g/mol. The van der Waals surface area contributed by atoms with Crippen molar-refractivity contribution in [3.05, 3.63) is 95.6 Å². The van der Waals surface area contributed by atoms with Crippen molar-refractivity contribution in [1.82, 2.24) is 35.6 Å². The van der Waals surface area contributed by atoms with Gasteiger partial charge in [0.15, 0.2) is 5.82 Å². The number of β-amino-alcohol motifs (C(OH)–C–C–N with tert-alkyl or cyclic N) is 1. The molecule has 3 fully saturated rings. The number of nitrogens with zero attached hydrogens (tertiary/aromatic N) is 7. The van der Waals surface area contributed by atoms with Gasteiger partial charge in [-0.3, -0.25) is 19.2 Å². The minimum absolute atomic E-state index is 0.0169. The average molecular weight is 1030 g/mol. The third-order valence-electron chi connectivity index (χ3n) is 14.4. The maximum Gasteiger partial charge on any atom is 0.246 e. The van der Waals surface area contributed by atoms with E-state index in [2.05, 4.69) is 47.7 Å². The van der Waals surface area contributed by atoms with Crippen molar-refractivity contribution in [3.63, 3.8) is 0 Å². The molecule has 74 heavy (non-hydrogen) atoms. The summed E-state index contributed by atoms with van der Waals surface area (Å²) in [5, 5.41) is 35.3. The summed E-state index contributed by atoms with van der Waals surface area (Å²) in [5.74, 6) is 0.492. The van der Waals surface area contributed by atoms with Crippen molar-refractivity contribution >= 4 is 52.2 Å². The number of amides is 4. The molecule has 17 nitrogen and oxygen atoms in total. The predicted octanol–water partition coefficient (Wildman–Crippen LogP) is 7.27. The first-order chi connectivity index (χ1) is 35.5. The second-order valence-electron chi connectivity index (χ2n) is 21.0. The number of thiazole rings is 1. The molecule has 4 atom stereocenters. The number of phenols is 1. The predicted molar refractivity (Wildman–Crippen MR) is 289 cm³/mol. The molecule has 0 unspecified atom stereocenters. The van der Waals surface area contributed by atoms with Crippen LogP contribution in [0.5, 0.6) is 11.5 Å². The number of carbonyl (C=O) groups excluding carboxylic acids is 4. The quantitative estimate of drug-likeness (QED) is 0.0485. The number of ether oxygens (including phenoxy) is 1. The Morgan fingerprint density at radius 2 is 1.54 bits per heavy atom. The average Bonchev–Trinajstić information content (AvgIpc) is 4.00. The number of nitrogen functional groups attached to an aromatic ring is 1. The molecule has 5 heterocycles. The van der Waals surface area contributed by atoms with E-state index >= 15 is 0 Å². The van der Waals surface area contributed by atoms with Crippen molar-refractivity contribution in [2.75, 3.05) is 61.3 Å². The number of hydrogen-bond acceptors (Lipinski definition) is 14. The van der Waals surface area contributed by atoms with Crippen molar-refractivity contribution in [1.29, 1.82) is 0 Å². The standard InChI is InChI=1S/C56H72N10O7S/c1-36(38-21-23-39(24-22-38)51-37(2)58-35-74-51)59-54(71)47-30-41(67)32-66(47)55(72)52(56(3,4)5)60-49(69)19-10-8-6-7-9-11-20-50(70)64-27-25-63(26-28-64)40-15-14-16-42(29-40)73-43-33-65(34-43)46-31-45(61-62-53(46)57)44-17-12-13-18-48(44)68/h12-18,21-24,29,31,35-36,41,43,47,52,67-68H,6-11,19-20,25-28,30,32-34H2,1-5H3,(H2,57,62)(H,59,71)(H,60,69)/t36-,41+,47-,52+/m0/s1. The second kappa shape index (κ2) is 24.0. The summed E-state index contributed by atoms with van der Waals surface area (Å²) in [7, 11) is 0. The van der Waals surface area contributed by atoms with Crippen LogP contribution < -0.4 is 30.9 Å². The second-order valence-corrected chi connectivity index (χ2v) is 21.9. The molecule has 0 saturated carbocycles. The first-order valence-electron chi connectivity index (χ1n) is 26.1. The number of piperazine rings is 1. The van der Waals surface area contributed by atoms with E-state index in [4.69, 9.17) is 10.5 Å². The first kappa shape index (κ1) is 53.5. The van der Waals surface area contributed by atoms with E-state index in [0.717, 1.165) is 84.0 Å². The number of carbonyl (C=O) groups is 4. The molecule has 394 valence electrons. The van der Waals surface area contributed by atoms with E-state index in [1.54, 1.807) is 29.5 Å². The monoisotopic (exact) mass is 1030 g/mol. The Morgan fingerprint density at radius 3 is 2.23 bits per heavy atom. The van der Waals surface area contributed by atoms with E-state index < -0.39 is 23.6 Å². The Hall–Kier alpha value is -6.79. The maximum atomic E-state index is 14.1. The lowest BCUT2D eigenvalue weighted by Gasteiger charge is -2.41. The van der Waals surface area contributed by atoms with Crippen LogP contribution >= 0.6 is 11.3 Å². The summed E-state index contributed by atoms with van der Waals surface area (Å²) in [6.45, 7) is 13.6. The highest BCUT2D eigenvalue weighted by Crippen LogP contribution is 2.35. The number of nitrogens with one attached hydrogen (secondary N) is 2. The van der Waals surface area contributed by atoms with Crippen molar-refractivity contribution in [3.8, 4) is 33.2 Å². The topological polar surface area (TPSA) is 220 Å². The molecule has 18 heteroatoms. The van der Waals surface area contributed by atoms with E-state index in [1.807, 2.05) is 93.6 Å². The normalized spacial score (nSPS) is 17.9. The number of hydrogen-bond donors (Lipinski definition) is 5. The molecule has 0 bridgehead atoms. The molecule has 2 aromatic heterocycles. The number of aromatic nitrogens is 3. The largest absolute Gasteiger partial charge is 0.507 e. The minimum Gasteiger partial charge on any atom is -0.507 e. The number of aryl methyl sites for hydroxylation is 1. The van der Waals surface area contributed by atoms with Gasteiger partial charge in [-0.05, 0) is 73.6 Å². The molecule has 0 spiro atoms. The zero-order valence-electron chi connectivity index (χ0n) is 43.3. The van der Waals surface area contributed by atoms with Gasteiger partial charge < -0.3 is 50.9 Å². The zero-order valence-corrected chi connectivity index (χ0v) is 44.2. The van der Waals surface area contributed by atoms with Crippen molar-refractivity contribution in [2.45, 2.75) is 123 Å². The Morgan fingerprint density at radius 1 is 0.838 bits per heavy atom. The Bertz CT molecular complexity index is 2730. The van der Waals surface area contributed by atoms with Gasteiger partial charge in [0.2, 0.25) is 23.6 Å². The molecule has 4 amide bonds. The molecule has 3 aromatic carbocycles.